The van der Waals surface area contributed by atoms with Crippen LogP contribution in [-0.2, 0) is 13.2 Å². The third-order valence-corrected chi connectivity index (χ3v) is 6.13. The molecule has 6 heteroatoms. The number of nitrogens with one attached hydrogen (secondary N) is 1. The number of aliphatic hydroxyl groups excluding tert-OH is 1. The maximum Gasteiger partial charge on any atom is 0.130 e. The fourth-order valence-corrected chi connectivity index (χ4v) is 4.56. The number of para-hydroxylation sites is 2. The Balaban J connectivity index is 1.53. The fraction of sp³-hybridized carbons (Fsp3) is 0.0833. The van der Waals surface area contributed by atoms with Crippen LogP contribution in [0.5, 0.6) is 5.75 Å². The molecule has 5 aromatic rings. The first-order valence-electron chi connectivity index (χ1n) is 9.62. The SMILES string of the molecule is OCc1cc(CNc2cccc3cccnc23)c(O)c(-c2nc3ccccc3s2)c1. The van der Waals surface area contributed by atoms with E-state index in [1.54, 1.807) is 12.3 Å². The molecule has 2 aromatic heterocycles. The van der Waals surface area contributed by atoms with Gasteiger partial charge in [0.25, 0.3) is 0 Å². The summed E-state index contributed by atoms with van der Waals surface area (Å²) < 4.78 is 1.06. The van der Waals surface area contributed by atoms with Crippen molar-refractivity contribution in [3.05, 3.63) is 84.1 Å². The first-order valence-corrected chi connectivity index (χ1v) is 10.4. The third-order valence-electron chi connectivity index (χ3n) is 5.06. The Hall–Kier alpha value is -3.48. The van der Waals surface area contributed by atoms with Crippen molar-refractivity contribution in [3.63, 3.8) is 0 Å². The monoisotopic (exact) mass is 413 g/mol. The average Bonchev–Trinajstić information content (AvgIpc) is 3.22. The highest BCUT2D eigenvalue weighted by molar-refractivity contribution is 7.21. The summed E-state index contributed by atoms with van der Waals surface area (Å²) in [5.41, 5.74) is 4.73. The van der Waals surface area contributed by atoms with Crippen molar-refractivity contribution >= 4 is 38.1 Å². The maximum atomic E-state index is 11.0. The van der Waals surface area contributed by atoms with Gasteiger partial charge in [-0.1, -0.05) is 30.3 Å². The number of pyridine rings is 1. The molecule has 3 aromatic carbocycles. The van der Waals surface area contributed by atoms with Crippen LogP contribution in [0.3, 0.4) is 0 Å². The van der Waals surface area contributed by atoms with Crippen LogP contribution in [0, 0.1) is 0 Å². The van der Waals surface area contributed by atoms with E-state index < -0.39 is 0 Å². The molecular weight excluding hydrogens is 394 g/mol. The average molecular weight is 414 g/mol. The lowest BCUT2D eigenvalue weighted by atomic mass is 10.0. The number of aromatic nitrogens is 2. The van der Waals surface area contributed by atoms with Crippen LogP contribution in [0.4, 0.5) is 5.69 Å². The Kier molecular flexibility index (Phi) is 4.78. The summed E-state index contributed by atoms with van der Waals surface area (Å²) in [6.07, 6.45) is 1.77. The minimum atomic E-state index is -0.110. The molecule has 0 bridgehead atoms. The van der Waals surface area contributed by atoms with Gasteiger partial charge in [-0.15, -0.1) is 11.3 Å². The van der Waals surface area contributed by atoms with E-state index in [4.69, 9.17) is 0 Å². The number of aromatic hydroxyl groups is 1. The molecule has 3 N–H and O–H groups in total. The zero-order chi connectivity index (χ0) is 20.5. The van der Waals surface area contributed by atoms with Crippen LogP contribution in [-0.4, -0.2) is 20.2 Å². The lowest BCUT2D eigenvalue weighted by Crippen LogP contribution is -2.03. The van der Waals surface area contributed by atoms with Gasteiger partial charge in [-0.3, -0.25) is 4.98 Å². The number of nitrogens with zero attached hydrogens (tertiary/aromatic N) is 2. The molecule has 0 radical (unpaired) electrons. The molecule has 5 nitrogen and oxygen atoms in total. The highest BCUT2D eigenvalue weighted by atomic mass is 32.1. The van der Waals surface area contributed by atoms with E-state index in [0.717, 1.165) is 37.4 Å². The highest BCUT2D eigenvalue weighted by Crippen LogP contribution is 2.38. The van der Waals surface area contributed by atoms with E-state index in [1.165, 1.54) is 11.3 Å². The molecule has 0 aliphatic heterocycles. The smallest absolute Gasteiger partial charge is 0.130 e. The minimum Gasteiger partial charge on any atom is -0.507 e. The van der Waals surface area contributed by atoms with Crippen molar-refractivity contribution in [2.75, 3.05) is 5.32 Å². The van der Waals surface area contributed by atoms with Crippen molar-refractivity contribution in [1.29, 1.82) is 0 Å². The predicted molar refractivity (Wildman–Crippen MR) is 122 cm³/mol. The van der Waals surface area contributed by atoms with Gasteiger partial charge < -0.3 is 15.5 Å². The Bertz CT molecular complexity index is 1330. The van der Waals surface area contributed by atoms with E-state index in [1.807, 2.05) is 60.7 Å². The number of phenolic OH excluding ortho intramolecular Hbond substituents is 1. The van der Waals surface area contributed by atoms with Gasteiger partial charge in [-0.2, -0.15) is 0 Å². The zero-order valence-corrected chi connectivity index (χ0v) is 16.9. The van der Waals surface area contributed by atoms with Gasteiger partial charge in [-0.05, 0) is 42.0 Å². The molecule has 30 heavy (non-hydrogen) atoms. The quantitative estimate of drug-likeness (QED) is 0.363. The largest absolute Gasteiger partial charge is 0.507 e. The van der Waals surface area contributed by atoms with Gasteiger partial charge in [0.15, 0.2) is 0 Å². The number of phenols is 1. The van der Waals surface area contributed by atoms with Crippen LogP contribution >= 0.6 is 11.3 Å². The molecular formula is C24H19N3O2S. The van der Waals surface area contributed by atoms with E-state index in [0.29, 0.717) is 17.7 Å². The van der Waals surface area contributed by atoms with E-state index in [9.17, 15) is 10.2 Å². The topological polar surface area (TPSA) is 78.3 Å². The molecule has 0 saturated carbocycles. The summed E-state index contributed by atoms with van der Waals surface area (Å²) in [5, 5.41) is 25.9. The van der Waals surface area contributed by atoms with Crippen LogP contribution in [0.2, 0.25) is 0 Å². The third kappa shape index (κ3) is 3.36. The second kappa shape index (κ2) is 7.74. The lowest BCUT2D eigenvalue weighted by molar-refractivity contribution is 0.281. The molecule has 5 rings (SSSR count). The Morgan fingerprint density at radius 1 is 0.967 bits per heavy atom. The number of aliphatic hydroxyl groups is 1. The van der Waals surface area contributed by atoms with Gasteiger partial charge in [0.1, 0.15) is 10.8 Å². The van der Waals surface area contributed by atoms with Crippen molar-refractivity contribution in [2.45, 2.75) is 13.2 Å². The molecule has 0 aliphatic rings. The molecule has 0 saturated heterocycles. The molecule has 148 valence electrons. The molecule has 0 fully saturated rings. The maximum absolute atomic E-state index is 11.0. The van der Waals surface area contributed by atoms with Gasteiger partial charge >= 0.3 is 0 Å². The number of hydrogen-bond donors (Lipinski definition) is 3. The Labute approximate surface area is 177 Å². The van der Waals surface area contributed by atoms with Gasteiger partial charge in [0.05, 0.1) is 33.6 Å². The highest BCUT2D eigenvalue weighted by Gasteiger charge is 2.16. The minimum absolute atomic E-state index is 0.110. The summed E-state index contributed by atoms with van der Waals surface area (Å²) in [5.74, 6) is 0.173. The Morgan fingerprint density at radius 3 is 2.70 bits per heavy atom. The first kappa shape index (κ1) is 18.5. The van der Waals surface area contributed by atoms with Gasteiger partial charge in [0, 0.05) is 23.7 Å². The summed E-state index contributed by atoms with van der Waals surface area (Å²) in [6.45, 7) is 0.286. The first-order chi connectivity index (χ1) is 14.7. The normalized spacial score (nSPS) is 11.2. The second-order valence-corrected chi connectivity index (χ2v) is 8.06. The molecule has 2 heterocycles. The summed E-state index contributed by atoms with van der Waals surface area (Å²) >= 11 is 1.53. The van der Waals surface area contributed by atoms with Crippen molar-refractivity contribution in [1.82, 2.24) is 9.97 Å². The van der Waals surface area contributed by atoms with Crippen LogP contribution in [0.15, 0.2) is 72.9 Å². The number of fused-ring (bicyclic) bond motifs is 2. The molecule has 0 aliphatic carbocycles. The number of thiazole rings is 1. The molecule has 0 spiro atoms. The van der Waals surface area contributed by atoms with Crippen molar-refractivity contribution in [2.24, 2.45) is 0 Å². The summed E-state index contributed by atoms with van der Waals surface area (Å²) in [4.78, 5) is 9.13. The molecule has 0 atom stereocenters. The molecule has 0 amide bonds. The summed E-state index contributed by atoms with van der Waals surface area (Å²) in [6, 6.07) is 21.4. The molecule has 0 unspecified atom stereocenters. The van der Waals surface area contributed by atoms with Crippen molar-refractivity contribution in [3.8, 4) is 16.3 Å². The van der Waals surface area contributed by atoms with Gasteiger partial charge in [0.2, 0.25) is 0 Å². The van der Waals surface area contributed by atoms with E-state index in [2.05, 4.69) is 15.3 Å². The second-order valence-electron chi connectivity index (χ2n) is 7.03. The van der Waals surface area contributed by atoms with Gasteiger partial charge in [-0.25, -0.2) is 4.98 Å². The van der Waals surface area contributed by atoms with Crippen molar-refractivity contribution < 1.29 is 10.2 Å². The van der Waals surface area contributed by atoms with Crippen LogP contribution in [0.25, 0.3) is 31.7 Å². The van der Waals surface area contributed by atoms with Crippen LogP contribution in [0.1, 0.15) is 11.1 Å². The lowest BCUT2D eigenvalue weighted by Gasteiger charge is -2.13. The standard InChI is InChI=1S/C24H19N3O2S/c28-14-15-11-17(13-26-20-8-3-5-16-6-4-10-25-22(16)20)23(29)18(12-15)24-27-19-7-1-2-9-21(19)30-24/h1-12,26,28-29H,13-14H2. The zero-order valence-electron chi connectivity index (χ0n) is 16.0. The number of anilines is 1. The van der Waals surface area contributed by atoms with E-state index >= 15 is 0 Å². The van der Waals surface area contributed by atoms with E-state index in [-0.39, 0.29) is 12.4 Å². The predicted octanol–water partition coefficient (Wildman–Crippen LogP) is 5.32. The Morgan fingerprint density at radius 2 is 1.83 bits per heavy atom. The number of hydrogen-bond acceptors (Lipinski definition) is 6. The number of rotatable bonds is 5. The number of benzene rings is 3. The van der Waals surface area contributed by atoms with Crippen LogP contribution < -0.4 is 5.32 Å². The fourth-order valence-electron chi connectivity index (χ4n) is 3.57. The summed E-state index contributed by atoms with van der Waals surface area (Å²) in [7, 11) is 0.